The average molecular weight is 261 g/mol. The summed E-state index contributed by atoms with van der Waals surface area (Å²) in [7, 11) is 1.90. The summed E-state index contributed by atoms with van der Waals surface area (Å²) in [5.41, 5.74) is 1.66. The van der Waals surface area contributed by atoms with Crippen LogP contribution in [0.3, 0.4) is 0 Å². The van der Waals surface area contributed by atoms with Gasteiger partial charge in [-0.15, -0.1) is 0 Å². The second kappa shape index (κ2) is 5.15. The van der Waals surface area contributed by atoms with Gasteiger partial charge in [0, 0.05) is 13.6 Å². The van der Waals surface area contributed by atoms with E-state index in [1.165, 1.54) is 17.4 Å². The van der Waals surface area contributed by atoms with Crippen molar-refractivity contribution in [2.24, 2.45) is 0 Å². The van der Waals surface area contributed by atoms with Gasteiger partial charge in [0.25, 0.3) is 0 Å². The van der Waals surface area contributed by atoms with Crippen molar-refractivity contribution in [2.75, 3.05) is 11.9 Å². The minimum absolute atomic E-state index is 0.192. The Labute approximate surface area is 109 Å². The molecule has 0 atom stereocenters. The standard InChI is InChI=1S/C13H12FN3S/c1-9-5-10(3-4-12(9)14)8-17(2)13-16-7-11(6-15)18-13/h3-5,7H,8H2,1-2H3. The summed E-state index contributed by atoms with van der Waals surface area (Å²) >= 11 is 1.35. The summed E-state index contributed by atoms with van der Waals surface area (Å²) in [6.45, 7) is 2.38. The molecule has 0 radical (unpaired) electrons. The van der Waals surface area contributed by atoms with E-state index in [1.54, 1.807) is 19.2 Å². The van der Waals surface area contributed by atoms with Crippen molar-refractivity contribution < 1.29 is 4.39 Å². The molecule has 2 aromatic rings. The first-order valence-corrected chi connectivity index (χ1v) is 6.24. The topological polar surface area (TPSA) is 39.9 Å². The first-order chi connectivity index (χ1) is 8.60. The normalized spacial score (nSPS) is 10.1. The molecule has 0 aliphatic carbocycles. The van der Waals surface area contributed by atoms with Crippen LogP contribution >= 0.6 is 11.3 Å². The van der Waals surface area contributed by atoms with Gasteiger partial charge in [-0.2, -0.15) is 5.26 Å². The monoisotopic (exact) mass is 261 g/mol. The van der Waals surface area contributed by atoms with Crippen molar-refractivity contribution in [2.45, 2.75) is 13.5 Å². The van der Waals surface area contributed by atoms with Crippen LogP contribution in [-0.4, -0.2) is 12.0 Å². The molecular formula is C13H12FN3S. The number of anilines is 1. The number of halogens is 1. The molecule has 1 heterocycles. The molecule has 5 heteroatoms. The molecule has 0 unspecified atom stereocenters. The zero-order valence-electron chi connectivity index (χ0n) is 10.1. The summed E-state index contributed by atoms with van der Waals surface area (Å²) in [5, 5.41) is 9.54. The van der Waals surface area contributed by atoms with Gasteiger partial charge in [-0.3, -0.25) is 0 Å². The van der Waals surface area contributed by atoms with E-state index >= 15 is 0 Å². The Morgan fingerprint density at radius 2 is 2.28 bits per heavy atom. The molecule has 92 valence electrons. The SMILES string of the molecule is Cc1cc(CN(C)c2ncc(C#N)s2)ccc1F. The summed E-state index contributed by atoms with van der Waals surface area (Å²) in [6.07, 6.45) is 1.56. The van der Waals surface area contributed by atoms with Gasteiger partial charge in [-0.05, 0) is 24.1 Å². The van der Waals surface area contributed by atoms with E-state index in [9.17, 15) is 4.39 Å². The van der Waals surface area contributed by atoms with Crippen molar-refractivity contribution in [1.29, 1.82) is 5.26 Å². The maximum absolute atomic E-state index is 13.1. The maximum Gasteiger partial charge on any atom is 0.186 e. The van der Waals surface area contributed by atoms with Crippen molar-refractivity contribution in [3.63, 3.8) is 0 Å². The third-order valence-electron chi connectivity index (χ3n) is 2.57. The van der Waals surface area contributed by atoms with E-state index in [0.717, 1.165) is 10.7 Å². The molecule has 0 saturated carbocycles. The van der Waals surface area contributed by atoms with E-state index < -0.39 is 0 Å². The fourth-order valence-electron chi connectivity index (χ4n) is 1.64. The Morgan fingerprint density at radius 3 is 2.89 bits per heavy atom. The predicted octanol–water partition coefficient (Wildman–Crippen LogP) is 3.10. The Bertz CT molecular complexity index is 601. The predicted molar refractivity (Wildman–Crippen MR) is 70.1 cm³/mol. The van der Waals surface area contributed by atoms with Gasteiger partial charge in [-0.1, -0.05) is 23.5 Å². The third kappa shape index (κ3) is 2.66. The third-order valence-corrected chi connectivity index (χ3v) is 3.59. The highest BCUT2D eigenvalue weighted by atomic mass is 32.1. The molecule has 3 nitrogen and oxygen atoms in total. The molecule has 2 rings (SSSR count). The Balaban J connectivity index is 2.13. The van der Waals surface area contributed by atoms with Gasteiger partial charge >= 0.3 is 0 Å². The fraction of sp³-hybridized carbons (Fsp3) is 0.231. The van der Waals surface area contributed by atoms with Crippen molar-refractivity contribution in [1.82, 2.24) is 4.98 Å². The van der Waals surface area contributed by atoms with Gasteiger partial charge in [0.15, 0.2) is 5.13 Å². The lowest BCUT2D eigenvalue weighted by molar-refractivity contribution is 0.617. The zero-order valence-corrected chi connectivity index (χ0v) is 11.0. The van der Waals surface area contributed by atoms with E-state index in [1.807, 2.05) is 18.0 Å². The van der Waals surface area contributed by atoms with Crippen LogP contribution < -0.4 is 4.90 Å². The fourth-order valence-corrected chi connectivity index (χ4v) is 2.31. The minimum Gasteiger partial charge on any atom is -0.347 e. The van der Waals surface area contributed by atoms with E-state index in [-0.39, 0.29) is 5.82 Å². The van der Waals surface area contributed by atoms with Gasteiger partial charge in [0.1, 0.15) is 16.8 Å². The quantitative estimate of drug-likeness (QED) is 0.852. The van der Waals surface area contributed by atoms with E-state index in [2.05, 4.69) is 11.1 Å². The van der Waals surface area contributed by atoms with Gasteiger partial charge in [0.05, 0.1) is 6.20 Å². The van der Waals surface area contributed by atoms with Gasteiger partial charge in [-0.25, -0.2) is 9.37 Å². The molecule has 1 aromatic carbocycles. The molecule has 0 aliphatic rings. The lowest BCUT2D eigenvalue weighted by Crippen LogP contribution is -2.16. The van der Waals surface area contributed by atoms with Crippen LogP contribution in [0.15, 0.2) is 24.4 Å². The highest BCUT2D eigenvalue weighted by Crippen LogP contribution is 2.22. The number of aryl methyl sites for hydroxylation is 1. The van der Waals surface area contributed by atoms with E-state index in [4.69, 9.17) is 5.26 Å². The largest absolute Gasteiger partial charge is 0.347 e. The Hall–Kier alpha value is -1.93. The lowest BCUT2D eigenvalue weighted by atomic mass is 10.1. The first kappa shape index (κ1) is 12.5. The smallest absolute Gasteiger partial charge is 0.186 e. The lowest BCUT2D eigenvalue weighted by Gasteiger charge is -2.15. The van der Waals surface area contributed by atoms with Gasteiger partial charge in [0.2, 0.25) is 0 Å². The van der Waals surface area contributed by atoms with E-state index in [0.29, 0.717) is 17.0 Å². The molecule has 1 aromatic heterocycles. The molecule has 0 amide bonds. The summed E-state index contributed by atoms with van der Waals surface area (Å²) in [6, 6.07) is 7.12. The summed E-state index contributed by atoms with van der Waals surface area (Å²) < 4.78 is 13.1. The van der Waals surface area contributed by atoms with Crippen LogP contribution in [0.2, 0.25) is 0 Å². The van der Waals surface area contributed by atoms with Crippen LogP contribution in [0.4, 0.5) is 9.52 Å². The number of nitriles is 1. The molecule has 0 fully saturated rings. The highest BCUT2D eigenvalue weighted by Gasteiger charge is 2.08. The second-order valence-electron chi connectivity index (χ2n) is 4.06. The van der Waals surface area contributed by atoms with Crippen LogP contribution in [-0.2, 0) is 6.54 Å². The van der Waals surface area contributed by atoms with Crippen LogP contribution in [0.25, 0.3) is 0 Å². The number of thiazole rings is 1. The zero-order chi connectivity index (χ0) is 13.1. The van der Waals surface area contributed by atoms with Crippen LogP contribution in [0.5, 0.6) is 0 Å². The van der Waals surface area contributed by atoms with Crippen LogP contribution in [0, 0.1) is 24.1 Å². The molecule has 18 heavy (non-hydrogen) atoms. The maximum atomic E-state index is 13.1. The van der Waals surface area contributed by atoms with Crippen LogP contribution in [0.1, 0.15) is 16.0 Å². The van der Waals surface area contributed by atoms with Gasteiger partial charge < -0.3 is 4.90 Å². The minimum atomic E-state index is -0.192. The number of nitrogens with zero attached hydrogens (tertiary/aromatic N) is 3. The number of aromatic nitrogens is 1. The second-order valence-corrected chi connectivity index (χ2v) is 5.07. The number of hydrogen-bond acceptors (Lipinski definition) is 4. The van der Waals surface area contributed by atoms with Crippen molar-refractivity contribution >= 4 is 16.5 Å². The molecule has 0 N–H and O–H groups in total. The summed E-state index contributed by atoms with van der Waals surface area (Å²) in [4.78, 5) is 6.70. The number of rotatable bonds is 3. The Kier molecular flexibility index (Phi) is 3.58. The Morgan fingerprint density at radius 1 is 1.50 bits per heavy atom. The van der Waals surface area contributed by atoms with Crippen molar-refractivity contribution in [3.05, 3.63) is 46.2 Å². The number of hydrogen-bond donors (Lipinski definition) is 0. The first-order valence-electron chi connectivity index (χ1n) is 5.42. The summed E-state index contributed by atoms with van der Waals surface area (Å²) in [5.74, 6) is -0.192. The number of benzene rings is 1. The highest BCUT2D eigenvalue weighted by molar-refractivity contribution is 7.16. The average Bonchev–Trinajstić information content (AvgIpc) is 2.82. The molecule has 0 aliphatic heterocycles. The van der Waals surface area contributed by atoms with Crippen molar-refractivity contribution in [3.8, 4) is 6.07 Å². The molecule has 0 saturated heterocycles. The molecule has 0 spiro atoms. The molecule has 0 bridgehead atoms. The molecular weight excluding hydrogens is 249 g/mol.